The van der Waals surface area contributed by atoms with Crippen LogP contribution >= 0.6 is 0 Å². The number of carbonyl (C=O) groups excluding carboxylic acids is 2. The minimum Gasteiger partial charge on any atom is -0.479 e. The number of hydrogen-bond donors (Lipinski definition) is 3. The van der Waals surface area contributed by atoms with Gasteiger partial charge >= 0.3 is 12.0 Å². The first kappa shape index (κ1) is 18.1. The highest BCUT2D eigenvalue weighted by molar-refractivity contribution is 5.84. The number of nitrogens with zero attached hydrogens (tertiary/aromatic N) is 1. The number of carbonyl (C=O) groups is 3. The van der Waals surface area contributed by atoms with Crippen molar-refractivity contribution >= 4 is 17.9 Å². The molecule has 0 bridgehead atoms. The van der Waals surface area contributed by atoms with Gasteiger partial charge in [-0.2, -0.15) is 0 Å². The normalized spacial score (nSPS) is 11.6. The average Bonchev–Trinajstić information content (AvgIpc) is 2.38. The molecule has 0 aliphatic carbocycles. The van der Waals surface area contributed by atoms with Crippen LogP contribution in [0.5, 0.6) is 0 Å². The monoisotopic (exact) mass is 291 g/mol. The first-order valence-electron chi connectivity index (χ1n) is 5.92. The first-order valence-corrected chi connectivity index (χ1v) is 5.92. The summed E-state index contributed by atoms with van der Waals surface area (Å²) in [6.07, 6.45) is -1.12. The van der Waals surface area contributed by atoms with E-state index in [-0.39, 0.29) is 19.0 Å². The summed E-state index contributed by atoms with van der Waals surface area (Å²) in [5, 5.41) is 13.6. The Morgan fingerprint density at radius 1 is 1.25 bits per heavy atom. The van der Waals surface area contributed by atoms with Gasteiger partial charge < -0.3 is 30.1 Å². The maximum Gasteiger partial charge on any atom is 0.334 e. The molecule has 0 rings (SSSR count). The standard InChI is InChI=1S/C11H21N3O6/c1-14(7-9(15)12-4-5-19-2)11(18)13-6-8(20-3)10(16)17/h8H,4-7H2,1-3H3,(H,12,15)(H,13,18)(H,16,17). The lowest BCUT2D eigenvalue weighted by Crippen LogP contribution is -2.46. The topological polar surface area (TPSA) is 117 Å². The molecule has 9 heteroatoms. The van der Waals surface area contributed by atoms with Crippen LogP contribution in [0.1, 0.15) is 0 Å². The van der Waals surface area contributed by atoms with Crippen LogP contribution in [0.3, 0.4) is 0 Å². The van der Waals surface area contributed by atoms with E-state index in [1.54, 1.807) is 0 Å². The highest BCUT2D eigenvalue weighted by atomic mass is 16.5. The molecule has 0 heterocycles. The van der Waals surface area contributed by atoms with Crippen molar-refractivity contribution in [1.29, 1.82) is 0 Å². The molecule has 116 valence electrons. The van der Waals surface area contributed by atoms with E-state index in [2.05, 4.69) is 15.4 Å². The predicted molar refractivity (Wildman–Crippen MR) is 69.3 cm³/mol. The van der Waals surface area contributed by atoms with Gasteiger partial charge in [-0.1, -0.05) is 0 Å². The Balaban J connectivity index is 4.02. The first-order chi connectivity index (χ1) is 9.42. The summed E-state index contributed by atoms with van der Waals surface area (Å²) in [6.45, 7) is 0.423. The van der Waals surface area contributed by atoms with Gasteiger partial charge in [-0.05, 0) is 0 Å². The fraction of sp³-hybridized carbons (Fsp3) is 0.727. The molecule has 0 aromatic carbocycles. The maximum atomic E-state index is 11.6. The Hall–Kier alpha value is -1.87. The van der Waals surface area contributed by atoms with Gasteiger partial charge in [0.25, 0.3) is 0 Å². The molecule has 0 spiro atoms. The molecule has 3 N–H and O–H groups in total. The van der Waals surface area contributed by atoms with Crippen molar-refractivity contribution in [3.8, 4) is 0 Å². The molecular formula is C11H21N3O6. The van der Waals surface area contributed by atoms with E-state index in [4.69, 9.17) is 9.84 Å². The number of methoxy groups -OCH3 is 2. The van der Waals surface area contributed by atoms with Gasteiger partial charge in [-0.3, -0.25) is 4.79 Å². The van der Waals surface area contributed by atoms with Crippen molar-refractivity contribution in [3.63, 3.8) is 0 Å². The zero-order valence-electron chi connectivity index (χ0n) is 11.8. The van der Waals surface area contributed by atoms with E-state index < -0.39 is 18.1 Å². The van der Waals surface area contributed by atoms with Crippen molar-refractivity contribution in [1.82, 2.24) is 15.5 Å². The van der Waals surface area contributed by atoms with Gasteiger partial charge in [0.2, 0.25) is 5.91 Å². The van der Waals surface area contributed by atoms with Gasteiger partial charge in [0.05, 0.1) is 13.2 Å². The predicted octanol–water partition coefficient (Wildman–Crippen LogP) is -1.51. The average molecular weight is 291 g/mol. The molecular weight excluding hydrogens is 270 g/mol. The van der Waals surface area contributed by atoms with Crippen molar-refractivity contribution in [2.75, 3.05) is 47.5 Å². The Morgan fingerprint density at radius 2 is 1.90 bits per heavy atom. The fourth-order valence-corrected chi connectivity index (χ4v) is 1.22. The molecule has 0 aliphatic rings. The van der Waals surface area contributed by atoms with Crippen molar-refractivity contribution < 1.29 is 29.0 Å². The third-order valence-corrected chi connectivity index (χ3v) is 2.35. The molecule has 9 nitrogen and oxygen atoms in total. The van der Waals surface area contributed by atoms with Crippen LogP contribution in [-0.2, 0) is 19.1 Å². The van der Waals surface area contributed by atoms with E-state index in [9.17, 15) is 14.4 Å². The molecule has 0 aromatic heterocycles. The van der Waals surface area contributed by atoms with E-state index in [0.29, 0.717) is 13.2 Å². The Morgan fingerprint density at radius 3 is 2.40 bits per heavy atom. The van der Waals surface area contributed by atoms with Crippen LogP contribution in [0.25, 0.3) is 0 Å². The molecule has 20 heavy (non-hydrogen) atoms. The minimum atomic E-state index is -1.17. The Labute approximate surface area is 117 Å². The third-order valence-electron chi connectivity index (χ3n) is 2.35. The van der Waals surface area contributed by atoms with Crippen molar-refractivity contribution in [2.45, 2.75) is 6.10 Å². The SMILES string of the molecule is COCCNC(=O)CN(C)C(=O)NCC(OC)C(=O)O. The molecule has 0 saturated carbocycles. The summed E-state index contributed by atoms with van der Waals surface area (Å²) in [7, 11) is 4.17. The van der Waals surface area contributed by atoms with Crippen LogP contribution < -0.4 is 10.6 Å². The highest BCUT2D eigenvalue weighted by Crippen LogP contribution is 1.90. The molecule has 1 unspecified atom stereocenters. The Kier molecular flexibility index (Phi) is 9.05. The molecule has 0 aliphatic heterocycles. The van der Waals surface area contributed by atoms with Gasteiger partial charge in [-0.15, -0.1) is 0 Å². The number of hydrogen-bond acceptors (Lipinski definition) is 5. The van der Waals surface area contributed by atoms with Crippen molar-refractivity contribution in [3.05, 3.63) is 0 Å². The van der Waals surface area contributed by atoms with E-state index >= 15 is 0 Å². The second kappa shape index (κ2) is 9.98. The number of ether oxygens (including phenoxy) is 2. The zero-order chi connectivity index (χ0) is 15.5. The van der Waals surface area contributed by atoms with Crippen LogP contribution in [0.15, 0.2) is 0 Å². The van der Waals surface area contributed by atoms with E-state index in [1.165, 1.54) is 21.3 Å². The van der Waals surface area contributed by atoms with E-state index in [0.717, 1.165) is 4.90 Å². The number of nitrogens with one attached hydrogen (secondary N) is 2. The summed E-state index contributed by atoms with van der Waals surface area (Å²) in [5.41, 5.74) is 0. The van der Waals surface area contributed by atoms with E-state index in [1.807, 2.05) is 0 Å². The summed E-state index contributed by atoms with van der Waals surface area (Å²) >= 11 is 0. The van der Waals surface area contributed by atoms with Crippen LogP contribution in [0.4, 0.5) is 4.79 Å². The number of likely N-dealkylation sites (N-methyl/N-ethyl adjacent to an activating group) is 1. The number of carboxylic acid groups (broad SMARTS) is 1. The number of amides is 3. The van der Waals surface area contributed by atoms with Crippen molar-refractivity contribution in [2.24, 2.45) is 0 Å². The largest absolute Gasteiger partial charge is 0.479 e. The van der Waals surface area contributed by atoms with Crippen LogP contribution in [-0.4, -0.2) is 81.5 Å². The second-order valence-corrected chi connectivity index (χ2v) is 3.95. The summed E-state index contributed by atoms with van der Waals surface area (Å²) in [6, 6.07) is -0.560. The summed E-state index contributed by atoms with van der Waals surface area (Å²) in [5.74, 6) is -1.51. The second-order valence-electron chi connectivity index (χ2n) is 3.95. The molecule has 0 radical (unpaired) electrons. The molecule has 0 aromatic rings. The third kappa shape index (κ3) is 7.54. The molecule has 1 atom stereocenters. The fourth-order valence-electron chi connectivity index (χ4n) is 1.22. The lowest BCUT2D eigenvalue weighted by atomic mass is 10.3. The van der Waals surface area contributed by atoms with Gasteiger partial charge in [0.1, 0.15) is 6.54 Å². The summed E-state index contributed by atoms with van der Waals surface area (Å²) < 4.78 is 9.43. The zero-order valence-corrected chi connectivity index (χ0v) is 11.8. The number of rotatable bonds is 9. The maximum absolute atomic E-state index is 11.6. The minimum absolute atomic E-state index is 0.139. The lowest BCUT2D eigenvalue weighted by molar-refractivity contribution is -0.148. The number of urea groups is 1. The van der Waals surface area contributed by atoms with Gasteiger partial charge in [0.15, 0.2) is 6.10 Å². The molecule has 3 amide bonds. The molecule has 0 fully saturated rings. The number of aliphatic carboxylic acids is 1. The quantitative estimate of drug-likeness (QED) is 0.445. The van der Waals surface area contributed by atoms with Gasteiger partial charge in [0, 0.05) is 27.8 Å². The lowest BCUT2D eigenvalue weighted by Gasteiger charge is -2.19. The summed E-state index contributed by atoms with van der Waals surface area (Å²) in [4.78, 5) is 34.8. The molecule has 0 saturated heterocycles. The van der Waals surface area contributed by atoms with Crippen LogP contribution in [0, 0.1) is 0 Å². The van der Waals surface area contributed by atoms with Gasteiger partial charge in [-0.25, -0.2) is 9.59 Å². The Bertz CT molecular complexity index is 336. The number of carboxylic acids is 1. The highest BCUT2D eigenvalue weighted by Gasteiger charge is 2.19. The smallest absolute Gasteiger partial charge is 0.334 e. The van der Waals surface area contributed by atoms with Crippen LogP contribution in [0.2, 0.25) is 0 Å².